The van der Waals surface area contributed by atoms with Crippen LogP contribution in [0.25, 0.3) is 0 Å². The molecule has 2 aliphatic heterocycles. The molecule has 0 spiro atoms. The minimum absolute atomic E-state index is 0.0319. The Morgan fingerprint density at radius 2 is 2.12 bits per heavy atom. The minimum atomic E-state index is -1.16. The Morgan fingerprint density at radius 3 is 2.79 bits per heavy atom. The average molecular weight is 329 g/mol. The molecule has 0 aromatic heterocycles. The number of carbonyl (C=O) groups is 2. The SMILES string of the molecule is CC1=C(C(=O)O)C(c2cccc([N+](=O)[O-])c2)C2=C(CNCC2=O)N1. The van der Waals surface area contributed by atoms with Gasteiger partial charge in [0.2, 0.25) is 0 Å². The number of nitrogens with zero attached hydrogens (tertiary/aromatic N) is 1. The van der Waals surface area contributed by atoms with E-state index in [9.17, 15) is 24.8 Å². The van der Waals surface area contributed by atoms with Crippen LogP contribution >= 0.6 is 0 Å². The van der Waals surface area contributed by atoms with E-state index in [0.29, 0.717) is 29.1 Å². The third-order valence-corrected chi connectivity index (χ3v) is 4.18. The third kappa shape index (κ3) is 2.56. The second-order valence-corrected chi connectivity index (χ2v) is 5.67. The molecule has 1 unspecified atom stereocenters. The van der Waals surface area contributed by atoms with Gasteiger partial charge in [0.15, 0.2) is 5.78 Å². The molecule has 2 aliphatic rings. The monoisotopic (exact) mass is 329 g/mol. The van der Waals surface area contributed by atoms with Crippen molar-refractivity contribution in [2.75, 3.05) is 13.1 Å². The third-order valence-electron chi connectivity index (χ3n) is 4.18. The van der Waals surface area contributed by atoms with Crippen molar-refractivity contribution in [2.24, 2.45) is 0 Å². The predicted molar refractivity (Wildman–Crippen MR) is 84.2 cm³/mol. The number of carbonyl (C=O) groups excluding carboxylic acids is 1. The van der Waals surface area contributed by atoms with Crippen molar-refractivity contribution in [3.63, 3.8) is 0 Å². The van der Waals surface area contributed by atoms with Gasteiger partial charge in [0, 0.05) is 41.6 Å². The van der Waals surface area contributed by atoms with Crippen LogP contribution in [0.5, 0.6) is 0 Å². The van der Waals surface area contributed by atoms with Gasteiger partial charge in [-0.05, 0) is 12.5 Å². The summed E-state index contributed by atoms with van der Waals surface area (Å²) in [4.78, 5) is 34.7. The van der Waals surface area contributed by atoms with E-state index in [1.807, 2.05) is 0 Å². The van der Waals surface area contributed by atoms with E-state index in [4.69, 9.17) is 0 Å². The summed E-state index contributed by atoms with van der Waals surface area (Å²) in [7, 11) is 0. The molecule has 0 radical (unpaired) electrons. The average Bonchev–Trinajstić information content (AvgIpc) is 2.53. The zero-order valence-electron chi connectivity index (χ0n) is 12.8. The summed E-state index contributed by atoms with van der Waals surface area (Å²) >= 11 is 0. The maximum atomic E-state index is 12.4. The molecule has 24 heavy (non-hydrogen) atoms. The zero-order chi connectivity index (χ0) is 17.4. The first kappa shape index (κ1) is 15.9. The number of allylic oxidation sites excluding steroid dienone is 1. The molecule has 3 rings (SSSR count). The normalized spacial score (nSPS) is 20.5. The first-order valence-electron chi connectivity index (χ1n) is 7.32. The number of carboxylic acid groups (broad SMARTS) is 1. The van der Waals surface area contributed by atoms with Crippen LogP contribution in [0.3, 0.4) is 0 Å². The van der Waals surface area contributed by atoms with Gasteiger partial charge in [0.05, 0.1) is 17.0 Å². The number of dihydropyridines is 1. The number of nitro benzene ring substituents is 1. The first-order valence-corrected chi connectivity index (χ1v) is 7.32. The number of ketones is 1. The van der Waals surface area contributed by atoms with Crippen LogP contribution in [-0.4, -0.2) is 34.9 Å². The highest BCUT2D eigenvalue weighted by Crippen LogP contribution is 2.40. The highest BCUT2D eigenvalue weighted by atomic mass is 16.6. The Morgan fingerprint density at radius 1 is 1.38 bits per heavy atom. The molecular weight excluding hydrogens is 314 g/mol. The van der Waals surface area contributed by atoms with Gasteiger partial charge in [-0.25, -0.2) is 4.79 Å². The van der Waals surface area contributed by atoms with Gasteiger partial charge in [-0.2, -0.15) is 0 Å². The van der Waals surface area contributed by atoms with E-state index in [1.165, 1.54) is 18.2 Å². The van der Waals surface area contributed by atoms with Gasteiger partial charge in [0.1, 0.15) is 0 Å². The van der Waals surface area contributed by atoms with Gasteiger partial charge in [0.25, 0.3) is 5.69 Å². The molecule has 0 aliphatic carbocycles. The van der Waals surface area contributed by atoms with Crippen molar-refractivity contribution in [3.8, 4) is 0 Å². The Kier molecular flexibility index (Phi) is 3.90. The second kappa shape index (κ2) is 5.89. The van der Waals surface area contributed by atoms with E-state index in [2.05, 4.69) is 10.6 Å². The largest absolute Gasteiger partial charge is 0.478 e. The number of aliphatic carboxylic acids is 1. The van der Waals surface area contributed by atoms with Gasteiger partial charge in [-0.1, -0.05) is 12.1 Å². The summed E-state index contributed by atoms with van der Waals surface area (Å²) < 4.78 is 0. The number of nitrogens with one attached hydrogen (secondary N) is 2. The van der Waals surface area contributed by atoms with Crippen LogP contribution in [0.1, 0.15) is 18.4 Å². The van der Waals surface area contributed by atoms with Crippen LogP contribution in [0, 0.1) is 10.1 Å². The molecule has 2 heterocycles. The summed E-state index contributed by atoms with van der Waals surface area (Å²) in [5.41, 5.74) is 1.71. The summed E-state index contributed by atoms with van der Waals surface area (Å²) in [5, 5.41) is 26.6. The van der Waals surface area contributed by atoms with Crippen LogP contribution in [0.4, 0.5) is 5.69 Å². The summed E-state index contributed by atoms with van der Waals surface area (Å²) in [6.07, 6.45) is 0. The Hall–Kier alpha value is -3.00. The lowest BCUT2D eigenvalue weighted by atomic mass is 9.77. The summed E-state index contributed by atoms with van der Waals surface area (Å²) in [6, 6.07) is 5.77. The molecule has 0 fully saturated rings. The van der Waals surface area contributed by atoms with Gasteiger partial charge >= 0.3 is 5.97 Å². The van der Waals surface area contributed by atoms with Crippen molar-refractivity contribution in [2.45, 2.75) is 12.8 Å². The van der Waals surface area contributed by atoms with Crippen molar-refractivity contribution < 1.29 is 19.6 Å². The quantitative estimate of drug-likeness (QED) is 0.560. The van der Waals surface area contributed by atoms with Crippen molar-refractivity contribution in [1.82, 2.24) is 10.6 Å². The number of carboxylic acids is 1. The van der Waals surface area contributed by atoms with E-state index < -0.39 is 16.8 Å². The van der Waals surface area contributed by atoms with Crippen molar-refractivity contribution in [3.05, 3.63) is 62.5 Å². The standard InChI is InChI=1S/C16H15N3O5/c1-8-13(16(21)22)14(9-3-2-4-10(5-9)19(23)24)15-11(18-8)6-17-7-12(15)20/h2-5,14,17-18H,6-7H2,1H3,(H,21,22). The lowest BCUT2D eigenvalue weighted by Crippen LogP contribution is -2.43. The lowest BCUT2D eigenvalue weighted by Gasteiger charge is -2.33. The van der Waals surface area contributed by atoms with E-state index >= 15 is 0 Å². The van der Waals surface area contributed by atoms with Crippen LogP contribution in [-0.2, 0) is 9.59 Å². The molecule has 0 amide bonds. The van der Waals surface area contributed by atoms with Gasteiger partial charge in [-0.3, -0.25) is 14.9 Å². The van der Waals surface area contributed by atoms with Gasteiger partial charge in [-0.15, -0.1) is 0 Å². The first-order chi connectivity index (χ1) is 11.4. The number of non-ortho nitro benzene ring substituents is 1. The summed E-state index contributed by atoms with van der Waals surface area (Å²) in [5.74, 6) is -2.20. The van der Waals surface area contributed by atoms with E-state index in [0.717, 1.165) is 0 Å². The highest BCUT2D eigenvalue weighted by Gasteiger charge is 2.38. The molecule has 1 atom stereocenters. The highest BCUT2D eigenvalue weighted by molar-refractivity contribution is 6.04. The fraction of sp³-hybridized carbons (Fsp3) is 0.250. The molecule has 124 valence electrons. The topological polar surface area (TPSA) is 122 Å². The lowest BCUT2D eigenvalue weighted by molar-refractivity contribution is -0.384. The molecule has 1 aromatic rings. The molecule has 0 bridgehead atoms. The van der Waals surface area contributed by atoms with E-state index in [-0.39, 0.29) is 23.6 Å². The smallest absolute Gasteiger partial charge is 0.334 e. The van der Waals surface area contributed by atoms with Gasteiger partial charge < -0.3 is 15.7 Å². The Bertz CT molecular complexity index is 825. The molecular formula is C16H15N3O5. The summed E-state index contributed by atoms with van der Waals surface area (Å²) in [6.45, 7) is 2.14. The minimum Gasteiger partial charge on any atom is -0.478 e. The number of hydrogen-bond donors (Lipinski definition) is 3. The van der Waals surface area contributed by atoms with Crippen LogP contribution < -0.4 is 10.6 Å². The molecule has 0 saturated carbocycles. The fourth-order valence-electron chi connectivity index (χ4n) is 3.20. The number of benzene rings is 1. The maximum absolute atomic E-state index is 12.4. The van der Waals surface area contributed by atoms with Crippen molar-refractivity contribution >= 4 is 17.4 Å². The predicted octanol–water partition coefficient (Wildman–Crippen LogP) is 1.07. The molecule has 3 N–H and O–H groups in total. The van der Waals surface area contributed by atoms with Crippen LogP contribution in [0.15, 0.2) is 46.8 Å². The molecule has 8 heteroatoms. The Labute approximate surface area is 137 Å². The number of Topliss-reactive ketones (excluding diaryl/α,β-unsaturated/α-hetero) is 1. The molecule has 8 nitrogen and oxygen atoms in total. The number of nitro groups is 1. The second-order valence-electron chi connectivity index (χ2n) is 5.67. The zero-order valence-corrected chi connectivity index (χ0v) is 12.8. The molecule has 0 saturated heterocycles. The van der Waals surface area contributed by atoms with Crippen LogP contribution in [0.2, 0.25) is 0 Å². The number of rotatable bonds is 3. The molecule has 1 aromatic carbocycles. The Balaban J connectivity index is 2.21. The van der Waals surface area contributed by atoms with Crippen molar-refractivity contribution in [1.29, 1.82) is 0 Å². The maximum Gasteiger partial charge on any atom is 0.334 e. The fourth-order valence-corrected chi connectivity index (χ4v) is 3.20. The van der Waals surface area contributed by atoms with E-state index in [1.54, 1.807) is 13.0 Å². The number of hydrogen-bond acceptors (Lipinski definition) is 6.